The highest BCUT2D eigenvalue weighted by molar-refractivity contribution is 14.1. The fraction of sp³-hybridized carbons (Fsp3) is 0.438. The van der Waals surface area contributed by atoms with Crippen molar-refractivity contribution >= 4 is 51.3 Å². The van der Waals surface area contributed by atoms with Crippen molar-refractivity contribution in [2.24, 2.45) is 5.92 Å². The van der Waals surface area contributed by atoms with Gasteiger partial charge in [0.15, 0.2) is 5.12 Å². The Morgan fingerprint density at radius 2 is 2.04 bits per heavy atom. The molecule has 23 heavy (non-hydrogen) atoms. The van der Waals surface area contributed by atoms with Crippen LogP contribution in [0.5, 0.6) is 0 Å². The first-order valence-corrected chi connectivity index (χ1v) is 9.33. The molecule has 1 amide bonds. The zero-order valence-electron chi connectivity index (χ0n) is 12.7. The first-order valence-electron chi connectivity index (χ1n) is 7.27. The van der Waals surface area contributed by atoms with Crippen molar-refractivity contribution in [1.29, 1.82) is 0 Å². The molecule has 0 aliphatic carbocycles. The lowest BCUT2D eigenvalue weighted by atomic mass is 10.0. The third kappa shape index (κ3) is 5.20. The van der Waals surface area contributed by atoms with Crippen LogP contribution in [-0.2, 0) is 20.8 Å². The Morgan fingerprint density at radius 1 is 1.39 bits per heavy atom. The molecule has 0 spiro atoms. The van der Waals surface area contributed by atoms with Gasteiger partial charge in [-0.05, 0) is 46.2 Å². The standard InChI is InChI=1S/C16H18INO4S/c1-10(19)23-9-12-7-15(20)18(8-12)14(16(21)22)6-11-2-4-13(17)5-3-11/h2-5,12,14H,6-9H2,1H3,(H,21,22). The second-order valence-electron chi connectivity index (χ2n) is 5.60. The Balaban J connectivity index is 2.05. The Morgan fingerprint density at radius 3 is 2.61 bits per heavy atom. The van der Waals surface area contributed by atoms with E-state index in [0.29, 0.717) is 25.1 Å². The lowest BCUT2D eigenvalue weighted by Crippen LogP contribution is -2.43. The Hall–Kier alpha value is -1.09. The van der Waals surface area contributed by atoms with Gasteiger partial charge in [-0.25, -0.2) is 4.79 Å². The quantitative estimate of drug-likeness (QED) is 0.679. The van der Waals surface area contributed by atoms with Crippen molar-refractivity contribution in [3.8, 4) is 0 Å². The number of aliphatic carboxylic acids is 1. The molecule has 1 fully saturated rings. The lowest BCUT2D eigenvalue weighted by molar-refractivity contribution is -0.148. The zero-order chi connectivity index (χ0) is 17.0. The van der Waals surface area contributed by atoms with Gasteiger partial charge in [0.2, 0.25) is 5.91 Å². The minimum atomic E-state index is -0.989. The third-order valence-corrected chi connectivity index (χ3v) is 5.53. The molecule has 7 heteroatoms. The smallest absolute Gasteiger partial charge is 0.326 e. The topological polar surface area (TPSA) is 74.7 Å². The zero-order valence-corrected chi connectivity index (χ0v) is 15.7. The minimum absolute atomic E-state index is 0.0181. The summed E-state index contributed by atoms with van der Waals surface area (Å²) in [5.74, 6) is -0.531. The van der Waals surface area contributed by atoms with E-state index in [0.717, 1.165) is 9.13 Å². The number of benzene rings is 1. The van der Waals surface area contributed by atoms with Gasteiger partial charge in [0, 0.05) is 35.6 Å². The van der Waals surface area contributed by atoms with Crippen LogP contribution in [0.4, 0.5) is 0 Å². The SMILES string of the molecule is CC(=O)SCC1CC(=O)N(C(Cc2ccc(I)cc2)C(=O)O)C1. The number of carbonyl (C=O) groups excluding carboxylic acids is 2. The molecule has 0 saturated carbocycles. The molecule has 1 aromatic rings. The normalized spacial score (nSPS) is 19.0. The number of hydrogen-bond acceptors (Lipinski definition) is 4. The molecule has 5 nitrogen and oxygen atoms in total. The molecular formula is C16H18INO4S. The van der Waals surface area contributed by atoms with Crippen LogP contribution in [0.1, 0.15) is 18.9 Å². The van der Waals surface area contributed by atoms with Crippen LogP contribution < -0.4 is 0 Å². The van der Waals surface area contributed by atoms with Crippen molar-refractivity contribution in [3.63, 3.8) is 0 Å². The molecule has 1 aromatic carbocycles. The van der Waals surface area contributed by atoms with Crippen molar-refractivity contribution < 1.29 is 19.5 Å². The molecule has 124 valence electrons. The summed E-state index contributed by atoms with van der Waals surface area (Å²) in [6, 6.07) is 6.78. The summed E-state index contributed by atoms with van der Waals surface area (Å²) in [6.45, 7) is 1.90. The molecule has 1 aliphatic heterocycles. The third-order valence-electron chi connectivity index (χ3n) is 3.76. The van der Waals surface area contributed by atoms with Gasteiger partial charge in [0.1, 0.15) is 6.04 Å². The Kier molecular flexibility index (Phi) is 6.46. The number of amides is 1. The molecule has 1 heterocycles. The van der Waals surface area contributed by atoms with Crippen molar-refractivity contribution in [2.45, 2.75) is 25.8 Å². The number of nitrogens with zero attached hydrogens (tertiary/aromatic N) is 1. The van der Waals surface area contributed by atoms with Crippen LogP contribution >= 0.6 is 34.4 Å². The van der Waals surface area contributed by atoms with Gasteiger partial charge in [-0.3, -0.25) is 9.59 Å². The predicted octanol–water partition coefficient (Wildman–Crippen LogP) is 2.42. The maximum atomic E-state index is 12.2. The predicted molar refractivity (Wildman–Crippen MR) is 97.2 cm³/mol. The van der Waals surface area contributed by atoms with Gasteiger partial charge in [0.25, 0.3) is 0 Å². The van der Waals surface area contributed by atoms with E-state index < -0.39 is 12.0 Å². The monoisotopic (exact) mass is 447 g/mol. The van der Waals surface area contributed by atoms with Crippen LogP contribution in [0.15, 0.2) is 24.3 Å². The molecule has 2 atom stereocenters. The highest BCUT2D eigenvalue weighted by Crippen LogP contribution is 2.25. The number of rotatable bonds is 6. The van der Waals surface area contributed by atoms with E-state index in [4.69, 9.17) is 0 Å². The summed E-state index contributed by atoms with van der Waals surface area (Å²) in [6.07, 6.45) is 0.612. The average molecular weight is 447 g/mol. The van der Waals surface area contributed by atoms with Crippen LogP contribution in [0.2, 0.25) is 0 Å². The van der Waals surface area contributed by atoms with E-state index in [1.54, 1.807) is 0 Å². The van der Waals surface area contributed by atoms with Crippen molar-refractivity contribution in [2.75, 3.05) is 12.3 Å². The van der Waals surface area contributed by atoms with E-state index in [2.05, 4.69) is 22.6 Å². The highest BCUT2D eigenvalue weighted by Gasteiger charge is 2.37. The number of carboxylic acid groups (broad SMARTS) is 1. The summed E-state index contributed by atoms with van der Waals surface area (Å²) < 4.78 is 1.08. The molecule has 1 N–H and O–H groups in total. The van der Waals surface area contributed by atoms with Gasteiger partial charge < -0.3 is 10.0 Å². The minimum Gasteiger partial charge on any atom is -0.480 e. The number of halogens is 1. The number of thioether (sulfide) groups is 1. The Bertz CT molecular complexity index is 605. The number of carboxylic acids is 1. The van der Waals surface area contributed by atoms with E-state index in [-0.39, 0.29) is 16.9 Å². The number of likely N-dealkylation sites (tertiary alicyclic amines) is 1. The molecule has 2 unspecified atom stereocenters. The molecular weight excluding hydrogens is 429 g/mol. The summed E-state index contributed by atoms with van der Waals surface area (Å²) in [5.41, 5.74) is 0.896. The maximum absolute atomic E-state index is 12.2. The number of hydrogen-bond donors (Lipinski definition) is 1. The van der Waals surface area contributed by atoms with Gasteiger partial charge in [-0.1, -0.05) is 23.9 Å². The maximum Gasteiger partial charge on any atom is 0.326 e. The van der Waals surface area contributed by atoms with Crippen LogP contribution in [0.3, 0.4) is 0 Å². The van der Waals surface area contributed by atoms with E-state index in [1.165, 1.54) is 23.6 Å². The molecule has 2 rings (SSSR count). The van der Waals surface area contributed by atoms with Crippen molar-refractivity contribution in [1.82, 2.24) is 4.90 Å². The highest BCUT2D eigenvalue weighted by atomic mass is 127. The van der Waals surface area contributed by atoms with E-state index >= 15 is 0 Å². The fourth-order valence-electron chi connectivity index (χ4n) is 2.63. The second kappa shape index (κ2) is 8.14. The fourth-order valence-corrected chi connectivity index (χ4v) is 3.68. The second-order valence-corrected chi connectivity index (χ2v) is 8.05. The van der Waals surface area contributed by atoms with E-state index in [1.807, 2.05) is 24.3 Å². The summed E-state index contributed by atoms with van der Waals surface area (Å²) in [5, 5.41) is 9.54. The van der Waals surface area contributed by atoms with Crippen LogP contribution in [0, 0.1) is 9.49 Å². The van der Waals surface area contributed by atoms with Crippen molar-refractivity contribution in [3.05, 3.63) is 33.4 Å². The van der Waals surface area contributed by atoms with Gasteiger partial charge in [-0.2, -0.15) is 0 Å². The first-order chi connectivity index (χ1) is 10.9. The molecule has 0 aromatic heterocycles. The van der Waals surface area contributed by atoms with Gasteiger partial charge in [0.05, 0.1) is 0 Å². The first kappa shape index (κ1) is 18.3. The molecule has 0 radical (unpaired) electrons. The Labute approximate surface area is 152 Å². The molecule has 1 saturated heterocycles. The average Bonchev–Trinajstić information content (AvgIpc) is 2.85. The summed E-state index contributed by atoms with van der Waals surface area (Å²) in [7, 11) is 0. The molecule has 0 bridgehead atoms. The van der Waals surface area contributed by atoms with Crippen LogP contribution in [0.25, 0.3) is 0 Å². The lowest BCUT2D eigenvalue weighted by Gasteiger charge is -2.25. The van der Waals surface area contributed by atoms with Gasteiger partial charge >= 0.3 is 5.97 Å². The number of carbonyl (C=O) groups is 3. The summed E-state index contributed by atoms with van der Waals surface area (Å²) >= 11 is 3.38. The largest absolute Gasteiger partial charge is 0.480 e. The molecule has 1 aliphatic rings. The van der Waals surface area contributed by atoms with Gasteiger partial charge in [-0.15, -0.1) is 0 Å². The van der Waals surface area contributed by atoms with Crippen LogP contribution in [-0.4, -0.2) is 45.3 Å². The summed E-state index contributed by atoms with van der Waals surface area (Å²) in [4.78, 5) is 36.3. The van der Waals surface area contributed by atoms with E-state index in [9.17, 15) is 19.5 Å².